The number of aromatic nitrogens is 3. The monoisotopic (exact) mass is 447 g/mol. The summed E-state index contributed by atoms with van der Waals surface area (Å²) in [4.78, 5) is 0. The Kier molecular flexibility index (Phi) is 2.49. The molecule has 0 fully saturated rings. The van der Waals surface area contributed by atoms with Crippen molar-refractivity contribution in [3.63, 3.8) is 0 Å². The van der Waals surface area contributed by atoms with Gasteiger partial charge in [-0.05, 0) is 36.4 Å². The Hall–Kier alpha value is -4.70. The lowest BCUT2D eigenvalue weighted by Gasteiger charge is -2.24. The van der Waals surface area contributed by atoms with Crippen molar-refractivity contribution in [1.29, 1.82) is 0 Å². The van der Waals surface area contributed by atoms with Crippen LogP contribution in [0.25, 0.3) is 49.5 Å². The van der Waals surface area contributed by atoms with Gasteiger partial charge in [0.25, 0.3) is 0 Å². The van der Waals surface area contributed by atoms with Gasteiger partial charge < -0.3 is 9.14 Å². The molecule has 1 spiro atoms. The first-order chi connectivity index (χ1) is 17.4. The van der Waals surface area contributed by atoms with Crippen LogP contribution in [-0.4, -0.2) is 4.40 Å². The Balaban J connectivity index is 1.63. The van der Waals surface area contributed by atoms with Crippen LogP contribution in [0.4, 0.5) is 0 Å². The molecule has 4 heteroatoms. The van der Waals surface area contributed by atoms with Gasteiger partial charge in [0.1, 0.15) is 11.1 Å². The van der Waals surface area contributed by atoms with Gasteiger partial charge in [0, 0.05) is 22.9 Å². The van der Waals surface area contributed by atoms with Crippen molar-refractivity contribution in [1.82, 2.24) is 4.40 Å². The molecule has 3 aliphatic heterocycles. The maximum atomic E-state index is 6.65. The molecular weight excluding hydrogens is 430 g/mol. The number of para-hydroxylation sites is 2. The lowest BCUT2D eigenvalue weighted by Crippen LogP contribution is -2.72. The van der Waals surface area contributed by atoms with Gasteiger partial charge in [0.2, 0.25) is 11.2 Å². The highest BCUT2D eigenvalue weighted by Gasteiger charge is 2.71. The summed E-state index contributed by atoms with van der Waals surface area (Å²) in [5.41, 5.74) is 9.47. The number of fused-ring (bicyclic) bond motifs is 8. The molecule has 0 bridgehead atoms. The van der Waals surface area contributed by atoms with Gasteiger partial charge in [-0.1, -0.05) is 47.0 Å². The number of hydrogen-bond donors (Lipinski definition) is 0. The molecule has 1 unspecified atom stereocenters. The number of benzene rings is 3. The Bertz CT molecular complexity index is 2160. The standard InChI is InChI=1S/C31H17N3O/c1-3-12-23-18(8-1)19-15-16-26-34-29(19)30-28(21-9-2-4-13-24(21)33(23)30)31(34)27-20(10-7-14-25(27)35-26)22-11-5-6-17-32(22)31/h1-17H/q+2. The van der Waals surface area contributed by atoms with Gasteiger partial charge in [0.05, 0.1) is 28.0 Å². The van der Waals surface area contributed by atoms with Crippen LogP contribution in [0.3, 0.4) is 0 Å². The molecule has 7 heterocycles. The normalized spacial score (nSPS) is 18.1. The third-order valence-electron chi connectivity index (χ3n) is 8.37. The summed E-state index contributed by atoms with van der Waals surface area (Å²) in [5.74, 6) is 1.81. The van der Waals surface area contributed by atoms with Gasteiger partial charge >= 0.3 is 11.5 Å². The number of rotatable bonds is 0. The molecule has 160 valence electrons. The molecule has 0 amide bonds. The molecule has 0 radical (unpaired) electrons. The number of hydrogen-bond acceptors (Lipinski definition) is 1. The Morgan fingerprint density at radius 2 is 1.46 bits per heavy atom. The zero-order chi connectivity index (χ0) is 22.5. The lowest BCUT2D eigenvalue weighted by molar-refractivity contribution is -0.952. The van der Waals surface area contributed by atoms with Gasteiger partial charge in [-0.3, -0.25) is 0 Å². The minimum absolute atomic E-state index is 0.538. The van der Waals surface area contributed by atoms with Crippen LogP contribution >= 0.6 is 0 Å². The number of pyridine rings is 3. The van der Waals surface area contributed by atoms with Crippen LogP contribution in [0, 0.1) is 0 Å². The SMILES string of the molecule is c1cc2c3c(c1)-c1cccc[n+]1C31c3c4ccccc4n4c5ccccc5c5ccc([n+]1c5c34)O2. The molecule has 10 rings (SSSR count). The quantitative estimate of drug-likeness (QED) is 0.217. The molecule has 0 N–H and O–H groups in total. The third-order valence-corrected chi connectivity index (χ3v) is 8.37. The molecule has 7 aromatic rings. The molecular formula is C31H17N3O+2. The van der Waals surface area contributed by atoms with Crippen LogP contribution in [-0.2, 0) is 5.66 Å². The lowest BCUT2D eigenvalue weighted by atomic mass is 9.89. The van der Waals surface area contributed by atoms with E-state index in [9.17, 15) is 0 Å². The van der Waals surface area contributed by atoms with Crippen molar-refractivity contribution in [3.05, 3.63) is 114 Å². The maximum Gasteiger partial charge on any atom is 0.426 e. The zero-order valence-electron chi connectivity index (χ0n) is 18.6. The average molecular weight is 447 g/mol. The van der Waals surface area contributed by atoms with Gasteiger partial charge in [-0.2, -0.15) is 0 Å². The fraction of sp³-hybridized carbons (Fsp3) is 0.0323. The summed E-state index contributed by atoms with van der Waals surface area (Å²) >= 11 is 0. The van der Waals surface area contributed by atoms with Crippen molar-refractivity contribution in [2.24, 2.45) is 0 Å². The summed E-state index contributed by atoms with van der Waals surface area (Å²) in [6, 6.07) is 35.0. The number of nitrogens with zero attached hydrogens (tertiary/aromatic N) is 3. The molecule has 3 aromatic carbocycles. The van der Waals surface area contributed by atoms with E-state index in [2.05, 4.69) is 117 Å². The summed E-state index contributed by atoms with van der Waals surface area (Å²) < 4.78 is 14.1. The Labute approximate surface area is 199 Å². The molecule has 1 atom stereocenters. The van der Waals surface area contributed by atoms with Gasteiger partial charge in [0.15, 0.2) is 17.5 Å². The second-order valence-corrected chi connectivity index (χ2v) is 9.77. The summed E-state index contributed by atoms with van der Waals surface area (Å²) in [6.45, 7) is 0. The minimum Gasteiger partial charge on any atom is -0.404 e. The molecule has 0 saturated heterocycles. The van der Waals surface area contributed by atoms with E-state index in [0.717, 1.165) is 11.6 Å². The van der Waals surface area contributed by atoms with E-state index in [0.29, 0.717) is 0 Å². The van der Waals surface area contributed by atoms with E-state index < -0.39 is 5.66 Å². The molecule has 3 aliphatic rings. The van der Waals surface area contributed by atoms with Crippen LogP contribution in [0.15, 0.2) is 103 Å². The average Bonchev–Trinajstić information content (AvgIpc) is 3.53. The largest absolute Gasteiger partial charge is 0.426 e. The maximum absolute atomic E-state index is 6.65. The van der Waals surface area contributed by atoms with Crippen molar-refractivity contribution < 1.29 is 13.9 Å². The summed E-state index contributed by atoms with van der Waals surface area (Å²) in [5, 5.41) is 3.80. The van der Waals surface area contributed by atoms with Gasteiger partial charge in [-0.25, -0.2) is 0 Å². The first-order valence-electron chi connectivity index (χ1n) is 12.1. The fourth-order valence-electron chi connectivity index (χ4n) is 7.30. The van der Waals surface area contributed by atoms with E-state index in [1.165, 1.54) is 60.6 Å². The predicted octanol–water partition coefficient (Wildman–Crippen LogP) is 5.67. The highest BCUT2D eigenvalue weighted by Crippen LogP contribution is 2.56. The van der Waals surface area contributed by atoms with Gasteiger partial charge in [-0.15, -0.1) is 4.57 Å². The minimum atomic E-state index is -0.538. The van der Waals surface area contributed by atoms with E-state index in [4.69, 9.17) is 4.74 Å². The zero-order valence-corrected chi connectivity index (χ0v) is 18.6. The smallest absolute Gasteiger partial charge is 0.404 e. The van der Waals surface area contributed by atoms with E-state index in [1.54, 1.807) is 0 Å². The molecule has 0 aliphatic carbocycles. The van der Waals surface area contributed by atoms with Crippen LogP contribution in [0.2, 0.25) is 0 Å². The van der Waals surface area contributed by atoms with E-state index >= 15 is 0 Å². The first-order valence-corrected chi connectivity index (χ1v) is 12.1. The van der Waals surface area contributed by atoms with Crippen molar-refractivity contribution >= 4 is 38.2 Å². The van der Waals surface area contributed by atoms with Crippen LogP contribution in [0.1, 0.15) is 11.1 Å². The number of ether oxygens (including phenoxy) is 1. The van der Waals surface area contributed by atoms with Crippen LogP contribution in [0.5, 0.6) is 11.6 Å². The third kappa shape index (κ3) is 1.53. The highest BCUT2D eigenvalue weighted by molar-refractivity contribution is 6.16. The molecule has 0 saturated carbocycles. The molecule has 4 aromatic heterocycles. The Morgan fingerprint density at radius 1 is 0.657 bits per heavy atom. The first kappa shape index (κ1) is 16.8. The van der Waals surface area contributed by atoms with Crippen molar-refractivity contribution in [2.75, 3.05) is 0 Å². The van der Waals surface area contributed by atoms with E-state index in [1.807, 2.05) is 0 Å². The van der Waals surface area contributed by atoms with Crippen LogP contribution < -0.4 is 13.9 Å². The summed E-state index contributed by atoms with van der Waals surface area (Å²) in [6.07, 6.45) is 2.24. The second kappa shape index (κ2) is 5.18. The Morgan fingerprint density at radius 3 is 2.37 bits per heavy atom. The van der Waals surface area contributed by atoms with Crippen molar-refractivity contribution in [3.8, 4) is 22.9 Å². The summed E-state index contributed by atoms with van der Waals surface area (Å²) in [7, 11) is 0. The van der Waals surface area contributed by atoms with E-state index in [-0.39, 0.29) is 0 Å². The molecule has 4 nitrogen and oxygen atoms in total. The topological polar surface area (TPSA) is 21.4 Å². The fourth-order valence-corrected chi connectivity index (χ4v) is 7.30. The van der Waals surface area contributed by atoms with Crippen molar-refractivity contribution in [2.45, 2.75) is 5.66 Å². The highest BCUT2D eigenvalue weighted by atomic mass is 16.5. The second-order valence-electron chi connectivity index (χ2n) is 9.77. The predicted molar refractivity (Wildman–Crippen MR) is 134 cm³/mol. The molecule has 35 heavy (non-hydrogen) atoms.